The lowest BCUT2D eigenvalue weighted by Crippen LogP contribution is -2.47. The minimum Gasteiger partial charge on any atom is -0.444 e. The van der Waals surface area contributed by atoms with Crippen LogP contribution >= 0.6 is 0 Å². The van der Waals surface area contributed by atoms with Gasteiger partial charge >= 0.3 is 6.09 Å². The van der Waals surface area contributed by atoms with Crippen LogP contribution in [0.15, 0.2) is 0 Å². The van der Waals surface area contributed by atoms with E-state index in [1.807, 2.05) is 27.7 Å². The minimum absolute atomic E-state index is 0.215. The van der Waals surface area contributed by atoms with Crippen LogP contribution < -0.4 is 0 Å². The molecule has 4 heteroatoms. The van der Waals surface area contributed by atoms with Crippen molar-refractivity contribution < 1.29 is 14.3 Å². The van der Waals surface area contributed by atoms with Crippen LogP contribution in [-0.2, 0) is 9.53 Å². The second-order valence-electron chi connectivity index (χ2n) is 5.81. The normalized spacial score (nSPS) is 24.3. The molecule has 2 atom stereocenters. The van der Waals surface area contributed by atoms with Gasteiger partial charge in [0.15, 0.2) is 0 Å². The number of hydrogen-bond acceptors (Lipinski definition) is 3. The van der Waals surface area contributed by atoms with E-state index in [0.717, 1.165) is 6.42 Å². The highest BCUT2D eigenvalue weighted by Crippen LogP contribution is 2.25. The predicted octanol–water partition coefficient (Wildman–Crippen LogP) is 2.08. The third-order valence-corrected chi connectivity index (χ3v) is 3.09. The molecule has 100 valence electrons. The molecule has 1 aliphatic rings. The largest absolute Gasteiger partial charge is 0.444 e. The predicted molar refractivity (Wildman–Crippen MR) is 68.9 cm³/mol. The van der Waals surface area contributed by atoms with Gasteiger partial charge in [-0.3, -0.25) is 4.79 Å². The highest BCUT2D eigenvalue weighted by atomic mass is 16.6. The number of carbonyl (C=O) groups excluding carboxylic acids is 2. The molecule has 0 aromatic heterocycles. The van der Waals surface area contributed by atoms with E-state index in [1.165, 1.54) is 0 Å². The summed E-state index contributed by atoms with van der Waals surface area (Å²) in [4.78, 5) is 25.1. The van der Waals surface area contributed by atoms with E-state index in [0.29, 0.717) is 13.1 Å². The van der Waals surface area contributed by atoms with Crippen LogP contribution in [0, 0.1) is 24.2 Å². The van der Waals surface area contributed by atoms with E-state index in [2.05, 4.69) is 5.92 Å². The van der Waals surface area contributed by atoms with Crippen molar-refractivity contribution >= 4 is 11.9 Å². The second kappa shape index (κ2) is 5.43. The first-order valence-electron chi connectivity index (χ1n) is 6.23. The number of terminal acetylenes is 1. The van der Waals surface area contributed by atoms with Crippen LogP contribution in [0.3, 0.4) is 0 Å². The summed E-state index contributed by atoms with van der Waals surface area (Å²) >= 11 is 0. The lowest BCUT2D eigenvalue weighted by atomic mass is 9.84. The molecule has 18 heavy (non-hydrogen) atoms. The summed E-state index contributed by atoms with van der Waals surface area (Å²) < 4.78 is 5.30. The molecule has 1 saturated heterocycles. The Labute approximate surface area is 109 Å². The van der Waals surface area contributed by atoms with Crippen molar-refractivity contribution in [2.24, 2.45) is 11.8 Å². The molecule has 0 N–H and O–H groups in total. The van der Waals surface area contributed by atoms with Crippen LogP contribution in [0.4, 0.5) is 4.79 Å². The third-order valence-electron chi connectivity index (χ3n) is 3.09. The van der Waals surface area contributed by atoms with Crippen LogP contribution in [-0.4, -0.2) is 35.5 Å². The highest BCUT2D eigenvalue weighted by molar-refractivity contribution is 5.97. The Hall–Kier alpha value is -1.50. The number of ketones is 1. The molecule has 0 saturated carbocycles. The summed E-state index contributed by atoms with van der Waals surface area (Å²) in [7, 11) is 0. The van der Waals surface area contributed by atoms with Crippen LogP contribution in [0.5, 0.6) is 0 Å². The smallest absolute Gasteiger partial charge is 0.410 e. The van der Waals surface area contributed by atoms with Crippen molar-refractivity contribution in [1.82, 2.24) is 4.90 Å². The van der Waals surface area contributed by atoms with Gasteiger partial charge in [0.05, 0.1) is 5.92 Å². The van der Waals surface area contributed by atoms with Gasteiger partial charge in [0.1, 0.15) is 5.60 Å². The van der Waals surface area contributed by atoms with Gasteiger partial charge < -0.3 is 9.64 Å². The molecular formula is C14H21NO3. The van der Waals surface area contributed by atoms with Gasteiger partial charge in [-0.15, -0.1) is 6.42 Å². The fraction of sp³-hybridized carbons (Fsp3) is 0.714. The van der Waals surface area contributed by atoms with Gasteiger partial charge in [0.2, 0.25) is 5.78 Å². The quantitative estimate of drug-likeness (QED) is 0.529. The first-order valence-corrected chi connectivity index (χ1v) is 6.23. The number of nitrogens with zero attached hydrogens (tertiary/aromatic N) is 1. The first-order chi connectivity index (χ1) is 8.24. The summed E-state index contributed by atoms with van der Waals surface area (Å²) in [6.45, 7) is 8.43. The van der Waals surface area contributed by atoms with Crippen LogP contribution in [0.2, 0.25) is 0 Å². The SMILES string of the molecule is C#CC(=O)C1CN(C(=O)OC(C)(C)C)CCC1C. The van der Waals surface area contributed by atoms with Crippen LogP contribution in [0.25, 0.3) is 0 Å². The Balaban J connectivity index is 2.68. The van der Waals surface area contributed by atoms with Crippen molar-refractivity contribution in [3.63, 3.8) is 0 Å². The van der Waals surface area contributed by atoms with Gasteiger partial charge in [-0.1, -0.05) is 6.92 Å². The van der Waals surface area contributed by atoms with Gasteiger partial charge in [-0.05, 0) is 39.0 Å². The molecule has 0 aromatic rings. The first kappa shape index (κ1) is 14.6. The van der Waals surface area contributed by atoms with E-state index in [1.54, 1.807) is 4.90 Å². The number of likely N-dealkylation sites (tertiary alicyclic amines) is 1. The molecule has 1 rings (SSSR count). The number of rotatable bonds is 1. The highest BCUT2D eigenvalue weighted by Gasteiger charge is 2.34. The molecule has 0 bridgehead atoms. The molecule has 1 amide bonds. The Bertz CT molecular complexity index is 375. The number of Topliss-reactive ketones (excluding diaryl/α,β-unsaturated/α-hetero) is 1. The Morgan fingerprint density at radius 2 is 2.00 bits per heavy atom. The monoisotopic (exact) mass is 251 g/mol. The molecule has 0 radical (unpaired) electrons. The summed E-state index contributed by atoms with van der Waals surface area (Å²) in [6, 6.07) is 0. The van der Waals surface area contributed by atoms with Crippen molar-refractivity contribution in [3.8, 4) is 12.3 Å². The zero-order valence-corrected chi connectivity index (χ0v) is 11.5. The standard InChI is InChI=1S/C14H21NO3/c1-6-12(16)11-9-15(8-7-10(11)2)13(17)18-14(3,4)5/h1,10-11H,7-9H2,2-5H3. The number of piperidine rings is 1. The molecular weight excluding hydrogens is 230 g/mol. The van der Waals surface area contributed by atoms with Crippen molar-refractivity contribution in [2.45, 2.75) is 39.7 Å². The third kappa shape index (κ3) is 3.76. The van der Waals surface area contributed by atoms with E-state index in [4.69, 9.17) is 11.2 Å². The summed E-state index contributed by atoms with van der Waals surface area (Å²) in [5.41, 5.74) is -0.522. The van der Waals surface area contributed by atoms with Crippen molar-refractivity contribution in [2.75, 3.05) is 13.1 Å². The van der Waals surface area contributed by atoms with Crippen molar-refractivity contribution in [3.05, 3.63) is 0 Å². The molecule has 0 spiro atoms. The van der Waals surface area contributed by atoms with Gasteiger partial charge in [-0.2, -0.15) is 0 Å². The number of hydrogen-bond donors (Lipinski definition) is 0. The number of amides is 1. The van der Waals surface area contributed by atoms with Gasteiger partial charge in [0.25, 0.3) is 0 Å². The Kier molecular flexibility index (Phi) is 4.39. The Morgan fingerprint density at radius 1 is 1.39 bits per heavy atom. The maximum absolute atomic E-state index is 11.9. The van der Waals surface area contributed by atoms with E-state index < -0.39 is 5.60 Å². The topological polar surface area (TPSA) is 46.6 Å². The van der Waals surface area contributed by atoms with E-state index in [9.17, 15) is 9.59 Å². The second-order valence-corrected chi connectivity index (χ2v) is 5.81. The lowest BCUT2D eigenvalue weighted by Gasteiger charge is -2.36. The molecule has 1 fully saturated rings. The molecule has 1 heterocycles. The average Bonchev–Trinajstić information content (AvgIpc) is 2.26. The summed E-state index contributed by atoms with van der Waals surface area (Å²) in [5, 5.41) is 0. The summed E-state index contributed by atoms with van der Waals surface area (Å²) in [5.74, 6) is 1.88. The van der Waals surface area contributed by atoms with Gasteiger partial charge in [-0.25, -0.2) is 4.79 Å². The van der Waals surface area contributed by atoms with Gasteiger partial charge in [0, 0.05) is 13.1 Å². The average molecular weight is 251 g/mol. The zero-order chi connectivity index (χ0) is 13.9. The molecule has 4 nitrogen and oxygen atoms in total. The number of carbonyl (C=O) groups is 2. The van der Waals surface area contributed by atoms with E-state index in [-0.39, 0.29) is 23.7 Å². The lowest BCUT2D eigenvalue weighted by molar-refractivity contribution is -0.120. The van der Waals surface area contributed by atoms with E-state index >= 15 is 0 Å². The zero-order valence-electron chi connectivity index (χ0n) is 11.5. The Morgan fingerprint density at radius 3 is 2.50 bits per heavy atom. The maximum atomic E-state index is 11.9. The number of ether oxygens (including phenoxy) is 1. The van der Waals surface area contributed by atoms with Crippen molar-refractivity contribution in [1.29, 1.82) is 0 Å². The fourth-order valence-electron chi connectivity index (χ4n) is 2.01. The van der Waals surface area contributed by atoms with Crippen LogP contribution in [0.1, 0.15) is 34.1 Å². The molecule has 0 aromatic carbocycles. The summed E-state index contributed by atoms with van der Waals surface area (Å²) in [6.07, 6.45) is 5.56. The maximum Gasteiger partial charge on any atom is 0.410 e. The molecule has 1 aliphatic heterocycles. The minimum atomic E-state index is -0.522. The molecule has 0 aliphatic carbocycles. The molecule has 2 unspecified atom stereocenters. The fourth-order valence-corrected chi connectivity index (χ4v) is 2.01.